The van der Waals surface area contributed by atoms with Crippen molar-refractivity contribution in [2.75, 3.05) is 13.1 Å². The summed E-state index contributed by atoms with van der Waals surface area (Å²) in [5.41, 5.74) is 2.81. The van der Waals surface area contributed by atoms with Crippen molar-refractivity contribution in [3.05, 3.63) is 33.8 Å². The van der Waals surface area contributed by atoms with Crippen LogP contribution in [0.15, 0.2) is 12.1 Å². The zero-order chi connectivity index (χ0) is 20.4. The van der Waals surface area contributed by atoms with Crippen molar-refractivity contribution in [2.45, 2.75) is 71.9 Å². The number of halogens is 1. The molecule has 0 radical (unpaired) electrons. The molecule has 0 bridgehead atoms. The van der Waals surface area contributed by atoms with Crippen molar-refractivity contribution in [1.29, 1.82) is 0 Å². The first-order valence-corrected chi connectivity index (χ1v) is 9.90. The average Bonchev–Trinajstić information content (AvgIpc) is 2.55. The van der Waals surface area contributed by atoms with E-state index in [9.17, 15) is 9.59 Å². The van der Waals surface area contributed by atoms with Crippen LogP contribution in [0.3, 0.4) is 0 Å². The molecule has 1 aromatic carbocycles. The molecule has 1 atom stereocenters. The molecule has 1 unspecified atom stereocenters. The van der Waals surface area contributed by atoms with Gasteiger partial charge in [-0.3, -0.25) is 4.79 Å². The number of rotatable bonds is 3. The summed E-state index contributed by atoms with van der Waals surface area (Å²) in [6.07, 6.45) is 1.47. The monoisotopic (exact) mass is 394 g/mol. The molecule has 27 heavy (non-hydrogen) atoms. The fraction of sp³-hybridized carbons (Fsp3) is 0.619. The first kappa shape index (κ1) is 21.5. The van der Waals surface area contributed by atoms with E-state index in [2.05, 4.69) is 11.4 Å². The lowest BCUT2D eigenvalue weighted by Gasteiger charge is -2.35. The number of nitrogens with zero attached hydrogens (tertiary/aromatic N) is 1. The number of hydrogen-bond donors (Lipinski definition) is 1. The minimum atomic E-state index is -0.484. The Labute approximate surface area is 167 Å². The van der Waals surface area contributed by atoms with E-state index in [1.54, 1.807) is 4.90 Å². The number of benzene rings is 1. The van der Waals surface area contributed by atoms with Crippen LogP contribution < -0.4 is 5.32 Å². The van der Waals surface area contributed by atoms with Crippen molar-refractivity contribution in [2.24, 2.45) is 0 Å². The molecule has 1 aromatic rings. The first-order valence-electron chi connectivity index (χ1n) is 9.53. The maximum Gasteiger partial charge on any atom is 0.410 e. The van der Waals surface area contributed by atoms with Crippen molar-refractivity contribution in [3.8, 4) is 0 Å². The second-order valence-electron chi connectivity index (χ2n) is 8.39. The highest BCUT2D eigenvalue weighted by Crippen LogP contribution is 2.36. The maximum atomic E-state index is 12.3. The van der Waals surface area contributed by atoms with Gasteiger partial charge in [0.25, 0.3) is 0 Å². The van der Waals surface area contributed by atoms with Crippen LogP contribution in [0.5, 0.6) is 0 Å². The Morgan fingerprint density at radius 1 is 1.26 bits per heavy atom. The molecule has 1 aliphatic heterocycles. The number of carbonyl (C=O) groups excluding carboxylic acids is 2. The van der Waals surface area contributed by atoms with Gasteiger partial charge in [0.05, 0.1) is 6.04 Å². The van der Waals surface area contributed by atoms with Crippen LogP contribution in [-0.2, 0) is 9.53 Å². The second kappa shape index (κ2) is 8.51. The topological polar surface area (TPSA) is 58.6 Å². The van der Waals surface area contributed by atoms with Crippen molar-refractivity contribution in [3.63, 3.8) is 0 Å². The summed E-state index contributed by atoms with van der Waals surface area (Å²) in [5, 5.41) is 3.66. The molecule has 0 aliphatic carbocycles. The molecule has 1 aliphatic rings. The van der Waals surface area contributed by atoms with Gasteiger partial charge in [-0.05, 0) is 76.1 Å². The van der Waals surface area contributed by atoms with Crippen LogP contribution in [0, 0.1) is 6.92 Å². The summed E-state index contributed by atoms with van der Waals surface area (Å²) in [6, 6.07) is 3.98. The molecule has 1 saturated heterocycles. The molecular formula is C21H31ClN2O3. The fourth-order valence-electron chi connectivity index (χ4n) is 3.53. The zero-order valence-electron chi connectivity index (χ0n) is 17.2. The van der Waals surface area contributed by atoms with Gasteiger partial charge in [0.1, 0.15) is 5.60 Å². The van der Waals surface area contributed by atoms with Crippen LogP contribution in [0.1, 0.15) is 76.1 Å². The van der Waals surface area contributed by atoms with Crippen molar-refractivity contribution < 1.29 is 14.3 Å². The van der Waals surface area contributed by atoms with E-state index in [1.165, 1.54) is 12.5 Å². The van der Waals surface area contributed by atoms with Crippen molar-refractivity contribution in [1.82, 2.24) is 10.2 Å². The molecular weight excluding hydrogens is 364 g/mol. The van der Waals surface area contributed by atoms with Crippen LogP contribution in [0.2, 0.25) is 5.02 Å². The molecule has 150 valence electrons. The highest BCUT2D eigenvalue weighted by atomic mass is 35.5. The van der Waals surface area contributed by atoms with Gasteiger partial charge in [0.2, 0.25) is 5.91 Å². The highest BCUT2D eigenvalue weighted by molar-refractivity contribution is 6.31. The van der Waals surface area contributed by atoms with E-state index in [-0.39, 0.29) is 18.0 Å². The fourth-order valence-corrected chi connectivity index (χ4v) is 3.70. The largest absolute Gasteiger partial charge is 0.444 e. The normalized spacial score (nSPS) is 16.8. The average molecular weight is 395 g/mol. The van der Waals surface area contributed by atoms with E-state index in [0.29, 0.717) is 24.0 Å². The highest BCUT2D eigenvalue weighted by Gasteiger charge is 2.29. The minimum absolute atomic E-state index is 0.0649. The van der Waals surface area contributed by atoms with E-state index >= 15 is 0 Å². The van der Waals surface area contributed by atoms with Gasteiger partial charge in [-0.2, -0.15) is 0 Å². The third-order valence-electron chi connectivity index (χ3n) is 4.84. The number of nitrogens with one attached hydrogen (secondary N) is 1. The maximum absolute atomic E-state index is 12.3. The SMILES string of the molecule is CC(=O)NC(C)c1cc(Cl)c(C)cc1C1CCN(C(=O)OC(C)(C)C)CC1. The van der Waals surface area contributed by atoms with E-state index in [0.717, 1.165) is 24.0 Å². The lowest BCUT2D eigenvalue weighted by molar-refractivity contribution is -0.119. The number of hydrogen-bond acceptors (Lipinski definition) is 3. The van der Waals surface area contributed by atoms with Gasteiger partial charge in [0, 0.05) is 25.0 Å². The molecule has 2 amide bonds. The van der Waals surface area contributed by atoms with Gasteiger partial charge in [-0.15, -0.1) is 0 Å². The Kier molecular flexibility index (Phi) is 6.79. The quantitative estimate of drug-likeness (QED) is 0.788. The lowest BCUT2D eigenvalue weighted by atomic mass is 9.84. The summed E-state index contributed by atoms with van der Waals surface area (Å²) < 4.78 is 5.48. The molecule has 0 spiro atoms. The molecule has 1 fully saturated rings. The second-order valence-corrected chi connectivity index (χ2v) is 8.80. The number of piperidine rings is 1. The molecule has 0 saturated carbocycles. The van der Waals surface area contributed by atoms with Gasteiger partial charge in [0.15, 0.2) is 0 Å². The molecule has 6 heteroatoms. The zero-order valence-corrected chi connectivity index (χ0v) is 17.9. The third-order valence-corrected chi connectivity index (χ3v) is 5.24. The van der Waals surface area contributed by atoms with Crippen LogP contribution in [0.4, 0.5) is 4.79 Å². The smallest absolute Gasteiger partial charge is 0.410 e. The van der Waals surface area contributed by atoms with Gasteiger partial charge >= 0.3 is 6.09 Å². The van der Waals surface area contributed by atoms with E-state index in [1.807, 2.05) is 40.7 Å². The molecule has 5 nitrogen and oxygen atoms in total. The summed E-state index contributed by atoms with van der Waals surface area (Å²) in [4.78, 5) is 25.6. The number of carbonyl (C=O) groups is 2. The minimum Gasteiger partial charge on any atom is -0.444 e. The molecule has 0 aromatic heterocycles. The number of aryl methyl sites for hydroxylation is 1. The Morgan fingerprint density at radius 3 is 2.37 bits per heavy atom. The van der Waals surface area contributed by atoms with Gasteiger partial charge in [-0.1, -0.05) is 17.7 Å². The first-order chi connectivity index (χ1) is 12.5. The summed E-state index contributed by atoms with van der Waals surface area (Å²) in [7, 11) is 0. The Morgan fingerprint density at radius 2 is 1.85 bits per heavy atom. The Balaban J connectivity index is 2.16. The van der Waals surface area contributed by atoms with Crippen LogP contribution >= 0.6 is 11.6 Å². The van der Waals surface area contributed by atoms with Gasteiger partial charge < -0.3 is 15.0 Å². The summed E-state index contributed by atoms with van der Waals surface area (Å²) in [5.74, 6) is 0.260. The number of likely N-dealkylation sites (tertiary alicyclic amines) is 1. The summed E-state index contributed by atoms with van der Waals surface area (Å²) in [6.45, 7) is 12.4. The van der Waals surface area contributed by atoms with Crippen molar-refractivity contribution >= 4 is 23.6 Å². The third kappa shape index (κ3) is 5.86. The number of ether oxygens (including phenoxy) is 1. The predicted octanol–water partition coefficient (Wildman–Crippen LogP) is 4.96. The number of amides is 2. The summed E-state index contributed by atoms with van der Waals surface area (Å²) >= 11 is 6.35. The van der Waals surface area contributed by atoms with Crippen LogP contribution in [-0.4, -0.2) is 35.6 Å². The molecule has 1 N–H and O–H groups in total. The van der Waals surface area contributed by atoms with E-state index < -0.39 is 5.60 Å². The predicted molar refractivity (Wildman–Crippen MR) is 108 cm³/mol. The Hall–Kier alpha value is -1.75. The molecule has 2 rings (SSSR count). The van der Waals surface area contributed by atoms with Gasteiger partial charge in [-0.25, -0.2) is 4.79 Å². The van der Waals surface area contributed by atoms with Crippen LogP contribution in [0.25, 0.3) is 0 Å². The Bertz CT molecular complexity index is 704. The molecule has 1 heterocycles. The van der Waals surface area contributed by atoms with E-state index in [4.69, 9.17) is 16.3 Å². The lowest BCUT2D eigenvalue weighted by Crippen LogP contribution is -2.41. The standard InChI is InChI=1S/C21H31ClN2O3/c1-13-11-18(17(12-19(13)22)14(2)23-15(3)25)16-7-9-24(10-8-16)20(26)27-21(4,5)6/h11-12,14,16H,7-10H2,1-6H3,(H,23,25).